The van der Waals surface area contributed by atoms with Gasteiger partial charge >= 0.3 is 5.97 Å². The Balaban J connectivity index is 0.00000132. The van der Waals surface area contributed by atoms with Gasteiger partial charge < -0.3 is 19.8 Å². The van der Waals surface area contributed by atoms with E-state index < -0.39 is 11.7 Å². The van der Waals surface area contributed by atoms with Crippen molar-refractivity contribution in [1.29, 1.82) is 5.41 Å². The van der Waals surface area contributed by atoms with Crippen molar-refractivity contribution in [3.63, 3.8) is 0 Å². The van der Waals surface area contributed by atoms with Gasteiger partial charge in [-0.3, -0.25) is 0 Å². The molecule has 3 N–H and O–H groups in total. The maximum atomic E-state index is 12.4. The largest absolute Gasteiger partial charge is 0.507 e. The van der Waals surface area contributed by atoms with E-state index in [0.29, 0.717) is 18.7 Å². The standard InChI is InChI=1S/C19H22ClNO5.CHNO/c1-2-26-21-13-9-7-5-3-4-6-8-10-25-19(24)17-14(11-13)18(20)16(23)12-15(17)22;2-1-3/h4,6-7,9,12,22-23H,2-3,5,8,10-11H2,1H3;2H/b6-4+,9-7+,21-13-;. The van der Waals surface area contributed by atoms with Crippen LogP contribution in [0.15, 0.2) is 35.5 Å². The number of hydrogen-bond donors (Lipinski definition) is 3. The topological polar surface area (TPSA) is 129 Å². The quantitative estimate of drug-likeness (QED) is 0.217. The summed E-state index contributed by atoms with van der Waals surface area (Å²) in [5, 5.41) is 29.5. The van der Waals surface area contributed by atoms with Gasteiger partial charge in [-0.15, -0.1) is 0 Å². The minimum atomic E-state index is -0.704. The van der Waals surface area contributed by atoms with Gasteiger partial charge in [0.1, 0.15) is 23.7 Å². The number of carbonyl (C=O) groups is 1. The molecule has 29 heavy (non-hydrogen) atoms. The molecule has 0 fully saturated rings. The van der Waals surface area contributed by atoms with Crippen molar-refractivity contribution in [1.82, 2.24) is 0 Å². The van der Waals surface area contributed by atoms with E-state index >= 15 is 0 Å². The molecule has 1 heterocycles. The van der Waals surface area contributed by atoms with Crippen LogP contribution in [0.3, 0.4) is 0 Å². The first-order valence-corrected chi connectivity index (χ1v) is 9.28. The van der Waals surface area contributed by atoms with Gasteiger partial charge in [0.15, 0.2) is 0 Å². The lowest BCUT2D eigenvalue weighted by Crippen LogP contribution is -2.13. The van der Waals surface area contributed by atoms with Crippen LogP contribution in [0.4, 0.5) is 0 Å². The summed E-state index contributed by atoms with van der Waals surface area (Å²) in [6.45, 7) is 2.37. The molecule has 0 radical (unpaired) electrons. The van der Waals surface area contributed by atoms with E-state index in [1.54, 1.807) is 13.0 Å². The number of isocyanates is 1. The number of oxime groups is 1. The van der Waals surface area contributed by atoms with Crippen molar-refractivity contribution in [3.05, 3.63) is 46.5 Å². The van der Waals surface area contributed by atoms with E-state index in [1.807, 2.05) is 18.2 Å². The highest BCUT2D eigenvalue weighted by Gasteiger charge is 2.24. The van der Waals surface area contributed by atoms with Crippen LogP contribution in [0.1, 0.15) is 42.1 Å². The first kappa shape index (κ1) is 23.9. The number of fused-ring (bicyclic) bond motifs is 1. The fourth-order valence-electron chi connectivity index (χ4n) is 2.47. The number of nitrogens with one attached hydrogen (secondary N) is 1. The Morgan fingerprint density at radius 3 is 2.59 bits per heavy atom. The molecular weight excluding hydrogens is 400 g/mol. The zero-order valence-electron chi connectivity index (χ0n) is 16.0. The molecule has 1 aromatic carbocycles. The number of phenols is 2. The third-order valence-corrected chi connectivity index (χ3v) is 4.11. The second-order valence-corrected chi connectivity index (χ2v) is 6.12. The Morgan fingerprint density at radius 2 is 1.90 bits per heavy atom. The number of hydrogen-bond acceptors (Lipinski definition) is 8. The number of esters is 1. The second-order valence-electron chi connectivity index (χ2n) is 5.74. The molecule has 1 aromatic rings. The van der Waals surface area contributed by atoms with Crippen molar-refractivity contribution in [2.75, 3.05) is 13.2 Å². The number of nitrogens with zero attached hydrogens (tertiary/aromatic N) is 1. The number of benzene rings is 1. The van der Waals surface area contributed by atoms with E-state index in [-0.39, 0.29) is 34.9 Å². The van der Waals surface area contributed by atoms with Gasteiger partial charge in [-0.05, 0) is 37.8 Å². The molecule has 0 amide bonds. The van der Waals surface area contributed by atoms with Crippen LogP contribution < -0.4 is 0 Å². The average molecular weight is 423 g/mol. The van der Waals surface area contributed by atoms with Gasteiger partial charge in [-0.1, -0.05) is 35.0 Å². The number of allylic oxidation sites excluding steroid dienone is 3. The molecule has 8 nitrogen and oxygen atoms in total. The Labute approximate surface area is 173 Å². The number of phenolic OH excluding ortho intramolecular Hbond substituents is 2. The first-order chi connectivity index (χ1) is 14.0. The molecule has 0 unspecified atom stereocenters. The van der Waals surface area contributed by atoms with Crippen molar-refractivity contribution in [3.8, 4) is 11.5 Å². The van der Waals surface area contributed by atoms with E-state index in [9.17, 15) is 15.0 Å². The van der Waals surface area contributed by atoms with E-state index in [2.05, 4.69) is 5.16 Å². The molecule has 9 heteroatoms. The number of carbonyl (C=O) groups excluding carboxylic acids is 2. The van der Waals surface area contributed by atoms with Crippen LogP contribution in [-0.4, -0.2) is 41.2 Å². The van der Waals surface area contributed by atoms with Gasteiger partial charge in [-0.2, -0.15) is 0 Å². The molecular formula is C20H23ClN2O6. The lowest BCUT2D eigenvalue weighted by atomic mass is 9.99. The molecule has 0 bridgehead atoms. The molecule has 0 atom stereocenters. The zero-order chi connectivity index (χ0) is 21.6. The van der Waals surface area contributed by atoms with Crippen LogP contribution in [-0.2, 0) is 20.8 Å². The summed E-state index contributed by atoms with van der Waals surface area (Å²) in [6, 6.07) is 1.03. The summed E-state index contributed by atoms with van der Waals surface area (Å²) in [5.74, 6) is -1.42. The molecule has 1 aliphatic heterocycles. The smallest absolute Gasteiger partial charge is 0.342 e. The molecule has 0 saturated heterocycles. The van der Waals surface area contributed by atoms with Crippen molar-refractivity contribution in [2.45, 2.75) is 32.6 Å². The van der Waals surface area contributed by atoms with Crippen LogP contribution in [0.2, 0.25) is 5.02 Å². The van der Waals surface area contributed by atoms with Gasteiger partial charge in [0.25, 0.3) is 0 Å². The third kappa shape index (κ3) is 7.81. The summed E-state index contributed by atoms with van der Waals surface area (Å²) in [4.78, 5) is 25.9. The minimum Gasteiger partial charge on any atom is -0.507 e. The fraction of sp³-hybridized carbons (Fsp3) is 0.350. The number of cyclic esters (lactones) is 1. The Bertz CT molecular complexity index is 827. The van der Waals surface area contributed by atoms with Crippen molar-refractivity contribution >= 4 is 29.4 Å². The predicted molar refractivity (Wildman–Crippen MR) is 108 cm³/mol. The lowest BCUT2D eigenvalue weighted by Gasteiger charge is -2.14. The fourth-order valence-corrected chi connectivity index (χ4v) is 2.68. The van der Waals surface area contributed by atoms with E-state index in [4.69, 9.17) is 31.4 Å². The summed E-state index contributed by atoms with van der Waals surface area (Å²) in [5.41, 5.74) is 0.671. The van der Waals surface area contributed by atoms with E-state index in [1.165, 1.54) is 0 Å². The molecule has 156 valence electrons. The van der Waals surface area contributed by atoms with Crippen LogP contribution in [0.25, 0.3) is 0 Å². The van der Waals surface area contributed by atoms with Gasteiger partial charge in [-0.25, -0.2) is 15.0 Å². The normalized spacial score (nSPS) is 18.1. The highest BCUT2D eigenvalue weighted by atomic mass is 35.5. The summed E-state index contributed by atoms with van der Waals surface area (Å²) in [7, 11) is 0. The summed E-state index contributed by atoms with van der Waals surface area (Å²) < 4.78 is 5.23. The SMILES string of the molecule is CCO/N=C1/C=C/CC/C=C/CCOC(=O)c2c(O)cc(O)c(Cl)c2C1.N=C=O. The molecule has 1 aliphatic rings. The molecule has 0 spiro atoms. The maximum absolute atomic E-state index is 12.4. The molecule has 0 aromatic heterocycles. The number of aromatic hydroxyl groups is 2. The highest BCUT2D eigenvalue weighted by Crippen LogP contribution is 2.37. The van der Waals surface area contributed by atoms with Crippen molar-refractivity contribution in [2.24, 2.45) is 5.16 Å². The number of halogens is 1. The Kier molecular flexibility index (Phi) is 10.9. The van der Waals surface area contributed by atoms with Gasteiger partial charge in [0, 0.05) is 12.5 Å². The first-order valence-electron chi connectivity index (χ1n) is 8.90. The zero-order valence-corrected chi connectivity index (χ0v) is 16.7. The number of ether oxygens (including phenoxy) is 1. The predicted octanol–water partition coefficient (Wildman–Crippen LogP) is 4.04. The van der Waals surface area contributed by atoms with Gasteiger partial charge in [0.2, 0.25) is 6.08 Å². The lowest BCUT2D eigenvalue weighted by molar-refractivity contribution is 0.0507. The average Bonchev–Trinajstić information content (AvgIpc) is 2.68. The van der Waals surface area contributed by atoms with Crippen LogP contribution in [0, 0.1) is 5.41 Å². The van der Waals surface area contributed by atoms with Crippen LogP contribution in [0.5, 0.6) is 11.5 Å². The minimum absolute atomic E-state index is 0.0284. The summed E-state index contributed by atoms with van der Waals surface area (Å²) in [6.07, 6.45) is 10.8. The highest BCUT2D eigenvalue weighted by molar-refractivity contribution is 6.33. The molecule has 0 saturated carbocycles. The molecule has 0 aliphatic carbocycles. The van der Waals surface area contributed by atoms with Gasteiger partial charge in [0.05, 0.1) is 17.3 Å². The monoisotopic (exact) mass is 422 g/mol. The third-order valence-electron chi connectivity index (χ3n) is 3.69. The Hall–Kier alpha value is -3.09. The van der Waals surface area contributed by atoms with Crippen molar-refractivity contribution < 1.29 is 29.4 Å². The number of rotatable bonds is 2. The summed E-state index contributed by atoms with van der Waals surface area (Å²) >= 11 is 6.20. The Morgan fingerprint density at radius 1 is 1.24 bits per heavy atom. The van der Waals surface area contributed by atoms with E-state index in [0.717, 1.165) is 25.0 Å². The maximum Gasteiger partial charge on any atom is 0.342 e. The molecule has 2 rings (SSSR count). The van der Waals surface area contributed by atoms with Crippen LogP contribution >= 0.6 is 11.6 Å². The second kappa shape index (κ2) is 13.1.